The lowest BCUT2D eigenvalue weighted by atomic mass is 10.2. The SMILES string of the molecule is O=C(O)c1ccc2c(c1)OCCOCCOCCOc1ccc(C(=O)O)cc1OCCOCCOCCO2. The number of carboxylic acids is 2. The van der Waals surface area contributed by atoms with Gasteiger partial charge in [-0.15, -0.1) is 0 Å². The fourth-order valence-corrected chi connectivity index (χ4v) is 3.23. The van der Waals surface area contributed by atoms with Crippen LogP contribution in [0.1, 0.15) is 20.7 Å². The van der Waals surface area contributed by atoms with E-state index in [-0.39, 0.29) is 64.0 Å². The lowest BCUT2D eigenvalue weighted by molar-refractivity contribution is 0.0223. The molecule has 0 amide bonds. The lowest BCUT2D eigenvalue weighted by Crippen LogP contribution is -2.16. The molecule has 38 heavy (non-hydrogen) atoms. The van der Waals surface area contributed by atoms with E-state index < -0.39 is 11.9 Å². The molecule has 3 rings (SSSR count). The molecule has 0 saturated heterocycles. The molecule has 12 nitrogen and oxygen atoms in total. The van der Waals surface area contributed by atoms with Crippen LogP contribution in [0.4, 0.5) is 0 Å². The average Bonchev–Trinajstić information content (AvgIpc) is 2.91. The average molecular weight is 537 g/mol. The van der Waals surface area contributed by atoms with Gasteiger partial charge in [0.15, 0.2) is 23.0 Å². The van der Waals surface area contributed by atoms with Gasteiger partial charge in [0, 0.05) is 0 Å². The second-order valence-electron chi connectivity index (χ2n) is 7.78. The van der Waals surface area contributed by atoms with Crippen molar-refractivity contribution in [2.45, 2.75) is 0 Å². The van der Waals surface area contributed by atoms with Crippen molar-refractivity contribution in [3.8, 4) is 23.0 Å². The van der Waals surface area contributed by atoms with Crippen molar-refractivity contribution in [1.29, 1.82) is 0 Å². The van der Waals surface area contributed by atoms with Crippen LogP contribution >= 0.6 is 0 Å². The molecule has 0 saturated carbocycles. The van der Waals surface area contributed by atoms with Crippen molar-refractivity contribution in [2.24, 2.45) is 0 Å². The first-order valence-electron chi connectivity index (χ1n) is 12.1. The highest BCUT2D eigenvalue weighted by atomic mass is 16.6. The minimum atomic E-state index is -1.07. The number of aromatic carboxylic acids is 2. The molecule has 2 aromatic rings. The molecule has 208 valence electrons. The van der Waals surface area contributed by atoms with Crippen LogP contribution in [0.2, 0.25) is 0 Å². The van der Waals surface area contributed by atoms with Gasteiger partial charge in [0.25, 0.3) is 0 Å². The molecule has 2 N–H and O–H groups in total. The third-order valence-corrected chi connectivity index (χ3v) is 5.07. The maximum absolute atomic E-state index is 11.3. The molecule has 0 aliphatic carbocycles. The molecule has 1 aliphatic heterocycles. The van der Waals surface area contributed by atoms with E-state index in [1.54, 1.807) is 12.1 Å². The fourth-order valence-electron chi connectivity index (χ4n) is 3.23. The van der Waals surface area contributed by atoms with Gasteiger partial charge < -0.3 is 48.1 Å². The maximum Gasteiger partial charge on any atom is 0.335 e. The van der Waals surface area contributed by atoms with Crippen LogP contribution < -0.4 is 18.9 Å². The van der Waals surface area contributed by atoms with Gasteiger partial charge in [0.2, 0.25) is 0 Å². The smallest absolute Gasteiger partial charge is 0.335 e. The van der Waals surface area contributed by atoms with Crippen LogP contribution in [0, 0.1) is 0 Å². The molecule has 0 unspecified atom stereocenters. The van der Waals surface area contributed by atoms with E-state index in [0.29, 0.717) is 49.4 Å². The molecule has 0 bridgehead atoms. The number of hydrogen-bond donors (Lipinski definition) is 2. The number of hydrogen-bond acceptors (Lipinski definition) is 10. The third-order valence-electron chi connectivity index (χ3n) is 5.07. The quantitative estimate of drug-likeness (QED) is 0.580. The second kappa shape index (κ2) is 16.3. The Hall–Kier alpha value is -3.58. The summed E-state index contributed by atoms with van der Waals surface area (Å²) in [6.45, 7) is 3.20. The Morgan fingerprint density at radius 2 is 0.737 bits per heavy atom. The highest BCUT2D eigenvalue weighted by Crippen LogP contribution is 2.29. The summed E-state index contributed by atoms with van der Waals surface area (Å²) < 4.78 is 44.8. The zero-order chi connectivity index (χ0) is 27.0. The Morgan fingerprint density at radius 3 is 1.05 bits per heavy atom. The number of benzene rings is 2. The normalized spacial score (nSPS) is 17.1. The van der Waals surface area contributed by atoms with Crippen molar-refractivity contribution in [1.82, 2.24) is 0 Å². The van der Waals surface area contributed by atoms with Crippen molar-refractivity contribution >= 4 is 11.9 Å². The minimum absolute atomic E-state index is 0.0828. The van der Waals surface area contributed by atoms with Gasteiger partial charge in [-0.2, -0.15) is 0 Å². The van der Waals surface area contributed by atoms with E-state index in [1.165, 1.54) is 24.3 Å². The number of ether oxygens (including phenoxy) is 8. The molecule has 0 atom stereocenters. The predicted octanol–water partition coefficient (Wildman–Crippen LogP) is 2.38. The first-order chi connectivity index (χ1) is 18.5. The first-order valence-corrected chi connectivity index (χ1v) is 12.1. The number of carbonyl (C=O) groups is 2. The molecule has 0 spiro atoms. The zero-order valence-electron chi connectivity index (χ0n) is 20.9. The Balaban J connectivity index is 1.54. The number of carboxylic acid groups (broad SMARTS) is 2. The van der Waals surface area contributed by atoms with Crippen LogP contribution in [0.25, 0.3) is 0 Å². The van der Waals surface area contributed by atoms with Crippen molar-refractivity contribution in [3.63, 3.8) is 0 Å². The van der Waals surface area contributed by atoms with Gasteiger partial charge in [0.1, 0.15) is 26.4 Å². The van der Waals surface area contributed by atoms with Crippen LogP contribution in [0.15, 0.2) is 36.4 Å². The van der Waals surface area contributed by atoms with Gasteiger partial charge in [-0.25, -0.2) is 9.59 Å². The molecule has 0 aromatic heterocycles. The molecule has 1 heterocycles. The molecule has 12 heteroatoms. The summed E-state index contributed by atoms with van der Waals surface area (Å²) in [5, 5.41) is 18.5. The van der Waals surface area contributed by atoms with E-state index in [4.69, 9.17) is 37.9 Å². The van der Waals surface area contributed by atoms with E-state index >= 15 is 0 Å². The van der Waals surface area contributed by atoms with E-state index in [1.807, 2.05) is 0 Å². The van der Waals surface area contributed by atoms with Crippen molar-refractivity contribution in [3.05, 3.63) is 47.5 Å². The number of rotatable bonds is 2. The highest BCUT2D eigenvalue weighted by Gasteiger charge is 2.13. The zero-order valence-corrected chi connectivity index (χ0v) is 20.9. The monoisotopic (exact) mass is 536 g/mol. The topological polar surface area (TPSA) is 148 Å². The summed E-state index contributed by atoms with van der Waals surface area (Å²) in [6, 6.07) is 8.77. The second-order valence-corrected chi connectivity index (χ2v) is 7.78. The number of fused-ring (bicyclic) bond motifs is 2. The molecule has 2 aromatic carbocycles. The Morgan fingerprint density at radius 1 is 0.447 bits per heavy atom. The van der Waals surface area contributed by atoms with Gasteiger partial charge in [-0.1, -0.05) is 0 Å². The van der Waals surface area contributed by atoms with Crippen LogP contribution in [-0.2, 0) is 18.9 Å². The van der Waals surface area contributed by atoms with E-state index in [0.717, 1.165) is 0 Å². The van der Waals surface area contributed by atoms with Crippen LogP contribution in [0.5, 0.6) is 23.0 Å². The van der Waals surface area contributed by atoms with Crippen LogP contribution in [0.3, 0.4) is 0 Å². The maximum atomic E-state index is 11.3. The van der Waals surface area contributed by atoms with Crippen molar-refractivity contribution in [2.75, 3.05) is 79.3 Å². The van der Waals surface area contributed by atoms with Gasteiger partial charge in [-0.05, 0) is 36.4 Å². The van der Waals surface area contributed by atoms with Crippen molar-refractivity contribution < 1.29 is 57.7 Å². The molecule has 0 radical (unpaired) electrons. The summed E-state index contributed by atoms with van der Waals surface area (Å²) in [7, 11) is 0. The highest BCUT2D eigenvalue weighted by molar-refractivity contribution is 5.89. The summed E-state index contributed by atoms with van der Waals surface area (Å²) >= 11 is 0. The van der Waals surface area contributed by atoms with E-state index in [9.17, 15) is 19.8 Å². The minimum Gasteiger partial charge on any atom is -0.487 e. The Kier molecular flexibility index (Phi) is 12.4. The molecular weight excluding hydrogens is 504 g/mol. The first kappa shape index (κ1) is 29.0. The Bertz CT molecular complexity index is 944. The summed E-state index contributed by atoms with van der Waals surface area (Å²) in [4.78, 5) is 22.6. The summed E-state index contributed by atoms with van der Waals surface area (Å²) in [5.74, 6) is -0.737. The van der Waals surface area contributed by atoms with Gasteiger partial charge in [0.05, 0.1) is 64.0 Å². The predicted molar refractivity (Wildman–Crippen MR) is 132 cm³/mol. The van der Waals surface area contributed by atoms with Gasteiger partial charge >= 0.3 is 11.9 Å². The van der Waals surface area contributed by atoms with Crippen LogP contribution in [-0.4, -0.2) is 101 Å². The molecule has 0 fully saturated rings. The molecular formula is C26H32O12. The van der Waals surface area contributed by atoms with E-state index in [2.05, 4.69) is 0 Å². The molecule has 1 aliphatic rings. The summed E-state index contributed by atoms with van der Waals surface area (Å²) in [5.41, 5.74) is 0.166. The fraction of sp³-hybridized carbons (Fsp3) is 0.462. The largest absolute Gasteiger partial charge is 0.487 e. The van der Waals surface area contributed by atoms with Gasteiger partial charge in [-0.3, -0.25) is 0 Å². The summed E-state index contributed by atoms with van der Waals surface area (Å²) in [6.07, 6.45) is 0. The lowest BCUT2D eigenvalue weighted by Gasteiger charge is -2.15. The Labute approximate surface area is 219 Å². The standard InChI is InChI=1S/C26H32O12/c27-25(28)19-1-3-21-23(17-19)37-15-11-33-8-6-32-10-14-36-22-4-2-20(26(29)30)18-24(22)38-16-12-34-7-5-31-9-13-35-21/h1-4,17-18H,5-16H2,(H,27,28)(H,29,30). The third kappa shape index (κ3) is 10.1.